The Labute approximate surface area is 233 Å². The lowest BCUT2D eigenvalue weighted by molar-refractivity contribution is -0.114. The number of carbonyl (C=O) groups is 1. The number of allylic oxidation sites excluding steroid dienone is 1. The highest BCUT2D eigenvalue weighted by Gasteiger charge is 2.24. The normalized spacial score (nSPS) is 12.3. The molecular weight excluding hydrogens is 500 g/mol. The minimum atomic E-state index is -0.375. The second-order valence-electron chi connectivity index (χ2n) is 9.87. The molecule has 0 bridgehead atoms. The zero-order valence-corrected chi connectivity index (χ0v) is 22.6. The van der Waals surface area contributed by atoms with Crippen LogP contribution < -0.4 is 5.32 Å². The van der Waals surface area contributed by atoms with E-state index in [-0.39, 0.29) is 24.9 Å². The van der Waals surface area contributed by atoms with Gasteiger partial charge in [0.25, 0.3) is 0 Å². The van der Waals surface area contributed by atoms with Crippen LogP contribution in [0.4, 0.5) is 5.82 Å². The molecule has 0 saturated carbocycles. The molecule has 2 heterocycles. The second-order valence-corrected chi connectivity index (χ2v) is 9.87. The summed E-state index contributed by atoms with van der Waals surface area (Å²) < 4.78 is 6.36. The summed E-state index contributed by atoms with van der Waals surface area (Å²) in [4.78, 5) is 23.7. The molecular formula is C33H32N4O3. The predicted octanol–water partition coefficient (Wildman–Crippen LogP) is 5.93. The van der Waals surface area contributed by atoms with Gasteiger partial charge in [-0.15, -0.1) is 0 Å². The van der Waals surface area contributed by atoms with Crippen molar-refractivity contribution in [2.24, 2.45) is 0 Å². The first-order valence-corrected chi connectivity index (χ1v) is 13.2. The molecule has 0 amide bonds. The van der Waals surface area contributed by atoms with Crippen molar-refractivity contribution in [1.82, 2.24) is 14.9 Å². The molecule has 0 spiro atoms. The van der Waals surface area contributed by atoms with Gasteiger partial charge in [-0.1, -0.05) is 91.0 Å². The van der Waals surface area contributed by atoms with Crippen LogP contribution in [0.2, 0.25) is 0 Å². The monoisotopic (exact) mass is 532 g/mol. The van der Waals surface area contributed by atoms with E-state index in [0.717, 1.165) is 27.8 Å². The molecule has 202 valence electrons. The van der Waals surface area contributed by atoms with E-state index in [1.165, 1.54) is 6.33 Å². The molecule has 0 aliphatic carbocycles. The number of benzene rings is 3. The van der Waals surface area contributed by atoms with Crippen molar-refractivity contribution in [3.05, 3.63) is 115 Å². The first-order chi connectivity index (χ1) is 19.5. The maximum absolute atomic E-state index is 12.7. The lowest BCUT2D eigenvalue weighted by Crippen LogP contribution is -2.15. The molecule has 1 atom stereocenters. The molecule has 2 N–H and O–H groups in total. The standard InChI is InChI=1S/C33H32N4O3/c1-37(2)18-10-17-27(39)20-23-11-9-16-26(19-23)29-30-32(36-28(21-38)24-12-5-3-6-13-24)34-22-35-33(30)40-31(29)25-14-7-4-8-15-25/h3-17,19,22,28,38H,18,20-21H2,1-2H3,(H,34,35,36)/b17-10+/t28-/m1/s1. The number of aliphatic hydroxyl groups excluding tert-OH is 1. The van der Waals surface area contributed by atoms with Crippen molar-refractivity contribution in [3.8, 4) is 22.5 Å². The molecule has 0 saturated heterocycles. The van der Waals surface area contributed by atoms with E-state index in [2.05, 4.69) is 15.3 Å². The highest BCUT2D eigenvalue weighted by Crippen LogP contribution is 2.43. The van der Waals surface area contributed by atoms with Gasteiger partial charge in [-0.25, -0.2) is 9.97 Å². The summed E-state index contributed by atoms with van der Waals surface area (Å²) in [5.41, 5.74) is 4.88. The molecule has 0 aliphatic heterocycles. The second kappa shape index (κ2) is 12.5. The number of anilines is 1. The van der Waals surface area contributed by atoms with Crippen LogP contribution in [0.3, 0.4) is 0 Å². The Morgan fingerprint density at radius 2 is 1.70 bits per heavy atom. The Kier molecular flexibility index (Phi) is 8.44. The van der Waals surface area contributed by atoms with Gasteiger partial charge in [0.15, 0.2) is 5.78 Å². The number of aliphatic hydroxyl groups is 1. The maximum Gasteiger partial charge on any atom is 0.232 e. The summed E-state index contributed by atoms with van der Waals surface area (Å²) in [5, 5.41) is 14.4. The molecule has 3 aromatic carbocycles. The quantitative estimate of drug-likeness (QED) is 0.204. The Morgan fingerprint density at radius 1 is 0.975 bits per heavy atom. The first kappa shape index (κ1) is 27.0. The van der Waals surface area contributed by atoms with Crippen molar-refractivity contribution >= 4 is 22.7 Å². The zero-order chi connectivity index (χ0) is 27.9. The number of rotatable bonds is 11. The third kappa shape index (κ3) is 6.17. The number of furan rings is 1. The SMILES string of the molecule is CN(C)C/C=C/C(=O)Cc1cccc(-c2c(-c3ccccc3)oc3ncnc(N[C@H](CO)c4ccccc4)c23)c1. The Balaban J connectivity index is 1.60. The number of aromatic nitrogens is 2. The number of ketones is 1. The van der Waals surface area contributed by atoms with E-state index in [4.69, 9.17) is 4.42 Å². The molecule has 0 unspecified atom stereocenters. The van der Waals surface area contributed by atoms with Gasteiger partial charge in [-0.2, -0.15) is 0 Å². The summed E-state index contributed by atoms with van der Waals surface area (Å²) in [5.74, 6) is 1.26. The van der Waals surface area contributed by atoms with E-state index >= 15 is 0 Å². The number of carbonyl (C=O) groups excluding carboxylic acids is 1. The number of fused-ring (bicyclic) bond motifs is 1. The van der Waals surface area contributed by atoms with Crippen molar-refractivity contribution in [2.75, 3.05) is 32.6 Å². The van der Waals surface area contributed by atoms with Crippen LogP contribution in [0.5, 0.6) is 0 Å². The van der Waals surface area contributed by atoms with Crippen molar-refractivity contribution < 1.29 is 14.3 Å². The Morgan fingerprint density at radius 3 is 2.42 bits per heavy atom. The van der Waals surface area contributed by atoms with Gasteiger partial charge in [-0.05, 0) is 36.9 Å². The minimum Gasteiger partial charge on any atom is -0.437 e. The molecule has 5 aromatic rings. The molecule has 40 heavy (non-hydrogen) atoms. The fourth-order valence-electron chi connectivity index (χ4n) is 4.69. The number of hydrogen-bond acceptors (Lipinski definition) is 7. The zero-order valence-electron chi connectivity index (χ0n) is 22.6. The molecule has 5 rings (SSSR count). The first-order valence-electron chi connectivity index (χ1n) is 13.2. The third-order valence-electron chi connectivity index (χ3n) is 6.59. The van der Waals surface area contributed by atoms with Crippen LogP contribution >= 0.6 is 0 Å². The van der Waals surface area contributed by atoms with Crippen LogP contribution in [-0.4, -0.2) is 53.0 Å². The number of likely N-dealkylation sites (N-methyl/N-ethyl adjacent to an activating group) is 1. The van der Waals surface area contributed by atoms with Crippen molar-refractivity contribution in [3.63, 3.8) is 0 Å². The van der Waals surface area contributed by atoms with E-state index < -0.39 is 0 Å². The summed E-state index contributed by atoms with van der Waals surface area (Å²) in [7, 11) is 3.93. The van der Waals surface area contributed by atoms with Gasteiger partial charge in [0.1, 0.15) is 17.9 Å². The number of nitrogens with zero attached hydrogens (tertiary/aromatic N) is 3. The van der Waals surface area contributed by atoms with Gasteiger partial charge in [-0.3, -0.25) is 4.79 Å². The average molecular weight is 533 g/mol. The summed E-state index contributed by atoms with van der Waals surface area (Å²) in [6, 6.07) is 27.2. The summed E-state index contributed by atoms with van der Waals surface area (Å²) in [6.07, 6.45) is 5.27. The highest BCUT2D eigenvalue weighted by atomic mass is 16.3. The van der Waals surface area contributed by atoms with E-state index in [1.54, 1.807) is 6.08 Å². The fourth-order valence-corrected chi connectivity index (χ4v) is 4.69. The Hall–Kier alpha value is -4.59. The van der Waals surface area contributed by atoms with Gasteiger partial charge >= 0.3 is 0 Å². The molecule has 0 radical (unpaired) electrons. The number of hydrogen-bond donors (Lipinski definition) is 2. The van der Waals surface area contributed by atoms with E-state index in [9.17, 15) is 9.90 Å². The maximum atomic E-state index is 12.7. The topological polar surface area (TPSA) is 91.5 Å². The molecule has 0 fully saturated rings. The minimum absolute atomic E-state index is 0.0404. The van der Waals surface area contributed by atoms with Gasteiger partial charge in [0, 0.05) is 24.1 Å². The third-order valence-corrected chi connectivity index (χ3v) is 6.59. The van der Waals surface area contributed by atoms with Crippen LogP contribution in [0.25, 0.3) is 33.6 Å². The van der Waals surface area contributed by atoms with Crippen molar-refractivity contribution in [2.45, 2.75) is 12.5 Å². The summed E-state index contributed by atoms with van der Waals surface area (Å²) in [6.45, 7) is 0.591. The lowest BCUT2D eigenvalue weighted by Gasteiger charge is -2.18. The largest absolute Gasteiger partial charge is 0.437 e. The van der Waals surface area contributed by atoms with Crippen LogP contribution in [0.1, 0.15) is 17.2 Å². The average Bonchev–Trinajstić information content (AvgIpc) is 3.37. The summed E-state index contributed by atoms with van der Waals surface area (Å²) >= 11 is 0. The number of nitrogens with one attached hydrogen (secondary N) is 1. The van der Waals surface area contributed by atoms with Crippen molar-refractivity contribution in [1.29, 1.82) is 0 Å². The van der Waals surface area contributed by atoms with Gasteiger partial charge in [0.2, 0.25) is 5.71 Å². The highest BCUT2D eigenvalue weighted by molar-refractivity contribution is 6.06. The van der Waals surface area contributed by atoms with Crippen LogP contribution in [-0.2, 0) is 11.2 Å². The van der Waals surface area contributed by atoms with Gasteiger partial charge in [0.05, 0.1) is 18.0 Å². The molecule has 7 nitrogen and oxygen atoms in total. The van der Waals surface area contributed by atoms with Crippen LogP contribution in [0, 0.1) is 0 Å². The Bertz CT molecular complexity index is 1610. The van der Waals surface area contributed by atoms with Crippen LogP contribution in [0.15, 0.2) is 108 Å². The fraction of sp³-hybridized carbons (Fsp3) is 0.182. The lowest BCUT2D eigenvalue weighted by atomic mass is 9.96. The molecule has 0 aliphatic rings. The van der Waals surface area contributed by atoms with E-state index in [0.29, 0.717) is 29.2 Å². The van der Waals surface area contributed by atoms with E-state index in [1.807, 2.05) is 110 Å². The molecule has 2 aromatic heterocycles. The predicted molar refractivity (Wildman–Crippen MR) is 159 cm³/mol. The smallest absolute Gasteiger partial charge is 0.232 e. The molecule has 7 heteroatoms. The van der Waals surface area contributed by atoms with Gasteiger partial charge < -0.3 is 19.7 Å².